The van der Waals surface area contributed by atoms with Gasteiger partial charge in [-0.1, -0.05) is 31.2 Å². The summed E-state index contributed by atoms with van der Waals surface area (Å²) in [5, 5.41) is 0. The minimum atomic E-state index is 1.05. The van der Waals surface area contributed by atoms with Crippen LogP contribution >= 0.6 is 0 Å². The summed E-state index contributed by atoms with van der Waals surface area (Å²) in [6.45, 7) is 4.06. The molecule has 0 atom stereocenters. The van der Waals surface area contributed by atoms with Gasteiger partial charge in [0.2, 0.25) is 0 Å². The SMILES string of the molecule is CC=CC=COC=CC=CCC. The van der Waals surface area contributed by atoms with Crippen molar-refractivity contribution in [2.75, 3.05) is 0 Å². The first-order valence-corrected chi connectivity index (χ1v) is 4.16. The van der Waals surface area contributed by atoms with Gasteiger partial charge in [-0.05, 0) is 25.5 Å². The standard InChI is InChI=1S/C11H16O/c1-3-5-7-9-11-12-10-8-6-4-2/h4-11H,3H2,1-2H3. The summed E-state index contributed by atoms with van der Waals surface area (Å²) in [5.74, 6) is 0. The maximum absolute atomic E-state index is 5.02. The van der Waals surface area contributed by atoms with Crippen LogP contribution in [0.4, 0.5) is 0 Å². The van der Waals surface area contributed by atoms with Crippen molar-refractivity contribution in [2.45, 2.75) is 20.3 Å². The Morgan fingerprint density at radius 3 is 2.25 bits per heavy atom. The van der Waals surface area contributed by atoms with E-state index >= 15 is 0 Å². The minimum absolute atomic E-state index is 1.05. The van der Waals surface area contributed by atoms with Gasteiger partial charge in [0.1, 0.15) is 0 Å². The molecule has 0 bridgehead atoms. The molecule has 0 N–H and O–H groups in total. The maximum Gasteiger partial charge on any atom is 0.0901 e. The first-order chi connectivity index (χ1) is 5.91. The molecule has 0 rings (SSSR count). The molecule has 0 amide bonds. The zero-order chi connectivity index (χ0) is 9.07. The van der Waals surface area contributed by atoms with Crippen molar-refractivity contribution in [1.29, 1.82) is 0 Å². The Bertz CT molecular complexity index is 185. The van der Waals surface area contributed by atoms with Crippen molar-refractivity contribution >= 4 is 0 Å². The Morgan fingerprint density at radius 2 is 1.67 bits per heavy atom. The lowest BCUT2D eigenvalue weighted by molar-refractivity contribution is 0.403. The molecule has 0 saturated carbocycles. The molecule has 0 saturated heterocycles. The van der Waals surface area contributed by atoms with Crippen molar-refractivity contribution in [3.05, 3.63) is 49.0 Å². The zero-order valence-electron chi connectivity index (χ0n) is 7.73. The first kappa shape index (κ1) is 10.8. The third kappa shape index (κ3) is 8.76. The van der Waals surface area contributed by atoms with Crippen LogP contribution in [0, 0.1) is 0 Å². The summed E-state index contributed by atoms with van der Waals surface area (Å²) >= 11 is 0. The topological polar surface area (TPSA) is 9.23 Å². The van der Waals surface area contributed by atoms with Crippen molar-refractivity contribution in [3.63, 3.8) is 0 Å². The van der Waals surface area contributed by atoms with E-state index in [4.69, 9.17) is 4.74 Å². The third-order valence-electron chi connectivity index (χ3n) is 1.10. The highest BCUT2D eigenvalue weighted by molar-refractivity contribution is 5.01. The van der Waals surface area contributed by atoms with Crippen LogP contribution in [0.3, 0.4) is 0 Å². The molecule has 0 aromatic rings. The lowest BCUT2D eigenvalue weighted by Crippen LogP contribution is -1.62. The summed E-state index contributed by atoms with van der Waals surface area (Å²) in [6, 6.07) is 0. The molecule has 1 heteroatoms. The minimum Gasteiger partial charge on any atom is -0.473 e. The molecular weight excluding hydrogens is 148 g/mol. The summed E-state index contributed by atoms with van der Waals surface area (Å²) in [7, 11) is 0. The number of allylic oxidation sites excluding steroid dienone is 6. The van der Waals surface area contributed by atoms with Crippen LogP contribution in [-0.4, -0.2) is 0 Å². The highest BCUT2D eigenvalue weighted by Crippen LogP contribution is 1.85. The van der Waals surface area contributed by atoms with Gasteiger partial charge in [0.05, 0.1) is 12.5 Å². The predicted molar refractivity (Wildman–Crippen MR) is 53.6 cm³/mol. The number of ether oxygens (including phenoxy) is 1. The van der Waals surface area contributed by atoms with Crippen molar-refractivity contribution in [3.8, 4) is 0 Å². The Balaban J connectivity index is 3.41. The molecular formula is C11H16O. The molecule has 0 aliphatic heterocycles. The van der Waals surface area contributed by atoms with Crippen LogP contribution in [0.1, 0.15) is 20.3 Å². The van der Waals surface area contributed by atoms with E-state index in [1.165, 1.54) is 0 Å². The fraction of sp³-hybridized carbons (Fsp3) is 0.273. The molecule has 0 aromatic heterocycles. The van der Waals surface area contributed by atoms with Crippen LogP contribution in [0.15, 0.2) is 49.0 Å². The van der Waals surface area contributed by atoms with Crippen LogP contribution in [0.5, 0.6) is 0 Å². The van der Waals surface area contributed by atoms with Crippen LogP contribution in [-0.2, 0) is 4.74 Å². The molecule has 0 aliphatic carbocycles. The van der Waals surface area contributed by atoms with Gasteiger partial charge in [-0.25, -0.2) is 0 Å². The molecule has 0 unspecified atom stereocenters. The largest absolute Gasteiger partial charge is 0.473 e. The third-order valence-corrected chi connectivity index (χ3v) is 1.10. The molecule has 12 heavy (non-hydrogen) atoms. The van der Waals surface area contributed by atoms with E-state index in [1.54, 1.807) is 12.5 Å². The summed E-state index contributed by atoms with van der Waals surface area (Å²) in [5.41, 5.74) is 0. The second kappa shape index (κ2) is 9.76. The van der Waals surface area contributed by atoms with E-state index < -0.39 is 0 Å². The van der Waals surface area contributed by atoms with Gasteiger partial charge in [-0.3, -0.25) is 0 Å². The second-order valence-electron chi connectivity index (χ2n) is 2.16. The van der Waals surface area contributed by atoms with E-state index in [-0.39, 0.29) is 0 Å². The Hall–Kier alpha value is -1.24. The van der Waals surface area contributed by atoms with Crippen LogP contribution in [0.25, 0.3) is 0 Å². The monoisotopic (exact) mass is 164 g/mol. The fourth-order valence-corrected chi connectivity index (χ4v) is 0.553. The van der Waals surface area contributed by atoms with Crippen molar-refractivity contribution in [1.82, 2.24) is 0 Å². The highest BCUT2D eigenvalue weighted by atomic mass is 16.5. The summed E-state index contributed by atoms with van der Waals surface area (Å²) in [4.78, 5) is 0. The molecule has 0 spiro atoms. The predicted octanol–water partition coefficient (Wildman–Crippen LogP) is 3.57. The molecule has 0 radical (unpaired) electrons. The van der Waals surface area contributed by atoms with Crippen LogP contribution < -0.4 is 0 Å². The molecule has 0 heterocycles. The van der Waals surface area contributed by atoms with E-state index in [9.17, 15) is 0 Å². The average Bonchev–Trinajstić information content (AvgIpc) is 2.10. The zero-order valence-corrected chi connectivity index (χ0v) is 7.73. The highest BCUT2D eigenvalue weighted by Gasteiger charge is 1.65. The Kier molecular flexibility index (Phi) is 8.75. The van der Waals surface area contributed by atoms with Crippen molar-refractivity contribution < 1.29 is 4.74 Å². The number of hydrogen-bond donors (Lipinski definition) is 0. The lowest BCUT2D eigenvalue weighted by Gasteiger charge is -1.84. The van der Waals surface area contributed by atoms with Crippen molar-refractivity contribution in [2.24, 2.45) is 0 Å². The van der Waals surface area contributed by atoms with Gasteiger partial charge < -0.3 is 4.74 Å². The Labute approximate surface area is 74.7 Å². The average molecular weight is 164 g/mol. The summed E-state index contributed by atoms with van der Waals surface area (Å²) < 4.78 is 5.02. The quantitative estimate of drug-likeness (QED) is 0.446. The summed E-state index contributed by atoms with van der Waals surface area (Å²) in [6.07, 6.45) is 15.9. The molecule has 0 aliphatic rings. The molecule has 1 nitrogen and oxygen atoms in total. The number of hydrogen-bond acceptors (Lipinski definition) is 1. The molecule has 0 fully saturated rings. The Morgan fingerprint density at radius 1 is 1.00 bits per heavy atom. The van der Waals surface area contributed by atoms with Gasteiger partial charge in [-0.15, -0.1) is 0 Å². The van der Waals surface area contributed by atoms with Gasteiger partial charge in [-0.2, -0.15) is 0 Å². The van der Waals surface area contributed by atoms with Gasteiger partial charge >= 0.3 is 0 Å². The van der Waals surface area contributed by atoms with E-state index in [2.05, 4.69) is 13.0 Å². The normalized spacial score (nSPS) is 12.8. The van der Waals surface area contributed by atoms with Gasteiger partial charge in [0, 0.05) is 0 Å². The van der Waals surface area contributed by atoms with E-state index in [0.717, 1.165) is 6.42 Å². The van der Waals surface area contributed by atoms with Gasteiger partial charge in [0.15, 0.2) is 0 Å². The first-order valence-electron chi connectivity index (χ1n) is 4.16. The molecule has 0 aromatic carbocycles. The second-order valence-corrected chi connectivity index (χ2v) is 2.16. The van der Waals surface area contributed by atoms with Gasteiger partial charge in [0.25, 0.3) is 0 Å². The molecule has 66 valence electrons. The van der Waals surface area contributed by atoms with E-state index in [1.807, 2.05) is 37.3 Å². The smallest absolute Gasteiger partial charge is 0.0901 e. The number of rotatable bonds is 5. The lowest BCUT2D eigenvalue weighted by atomic mass is 10.4. The maximum atomic E-state index is 5.02. The fourth-order valence-electron chi connectivity index (χ4n) is 0.553. The van der Waals surface area contributed by atoms with E-state index in [0.29, 0.717) is 0 Å². The van der Waals surface area contributed by atoms with Crippen LogP contribution in [0.2, 0.25) is 0 Å².